The molecule has 1 fully saturated rings. The predicted octanol–water partition coefficient (Wildman–Crippen LogP) is -4.66. The molecule has 0 unspecified atom stereocenters. The van der Waals surface area contributed by atoms with Gasteiger partial charge in [0.05, 0.1) is 24.9 Å². The lowest BCUT2D eigenvalue weighted by Gasteiger charge is -2.29. The zero-order valence-corrected chi connectivity index (χ0v) is 42.6. The molecule has 0 aliphatic carbocycles. The van der Waals surface area contributed by atoms with Crippen molar-refractivity contribution in [2.75, 3.05) is 20.2 Å². The Morgan fingerprint density at radius 3 is 1.49 bits per heavy atom. The average Bonchev–Trinajstić information content (AvgIpc) is 3.72. The molecule has 404 valence electrons. The van der Waals surface area contributed by atoms with Gasteiger partial charge in [-0.3, -0.25) is 57.6 Å². The fourth-order valence-corrected chi connectivity index (χ4v) is 7.31. The van der Waals surface area contributed by atoms with Crippen LogP contribution in [0, 0.1) is 17.8 Å². The van der Waals surface area contributed by atoms with Crippen LogP contribution in [0.25, 0.3) is 0 Å². The van der Waals surface area contributed by atoms with Crippen LogP contribution in [0.2, 0.25) is 0 Å². The second kappa shape index (κ2) is 30.0. The number of carboxylic acids is 1. The van der Waals surface area contributed by atoms with Crippen LogP contribution in [0.3, 0.4) is 0 Å². The Morgan fingerprint density at radius 2 is 1.03 bits per heavy atom. The molecule has 26 nitrogen and oxygen atoms in total. The van der Waals surface area contributed by atoms with Crippen molar-refractivity contribution < 1.29 is 73.2 Å². The molecule has 1 rings (SSSR count). The van der Waals surface area contributed by atoms with Crippen LogP contribution < -0.4 is 53.6 Å². The van der Waals surface area contributed by atoms with E-state index >= 15 is 0 Å². The molecule has 1 heterocycles. The summed E-state index contributed by atoms with van der Waals surface area (Å²) in [6.45, 7) is 14.6. The molecular weight excluding hydrogens is 935 g/mol. The first kappa shape index (κ1) is 63.0. The first-order valence-electron chi connectivity index (χ1n) is 23.9. The summed E-state index contributed by atoms with van der Waals surface area (Å²) in [4.78, 5) is 146. The highest BCUT2D eigenvalue weighted by molar-refractivity contribution is 5.99. The smallest absolute Gasteiger partial charge is 0.325 e. The third-order valence-electron chi connectivity index (χ3n) is 11.9. The molecule has 0 aromatic heterocycles. The first-order valence-corrected chi connectivity index (χ1v) is 23.9. The SMILES string of the molecule is CC[C@H](C)[C@H](NC(=O)[C@H](C)NC(=O)[C@@H](NC(=O)[C@@H](NC(=O)[C@H](CCC(N)=O)NC(=O)[C@H](CO)NC(=O)[C@@H](NC(=O)[C@H](CC(C)C)NC(=O)[C@@H]1CCCN1C)C(C)C)[C@@H](C)O)[C@@H](C)O)C(=O)N[C@@H](C)C(=O)O. The molecule has 0 spiro atoms. The summed E-state index contributed by atoms with van der Waals surface area (Å²) in [6, 6.07) is -13.8. The molecule has 1 saturated heterocycles. The molecule has 0 aromatic carbocycles. The number of carbonyl (C=O) groups excluding carboxylic acids is 10. The maximum Gasteiger partial charge on any atom is 0.325 e. The molecule has 0 saturated carbocycles. The Balaban J connectivity index is 3.22. The van der Waals surface area contributed by atoms with Crippen molar-refractivity contribution in [1.29, 1.82) is 0 Å². The van der Waals surface area contributed by atoms with Crippen molar-refractivity contribution in [2.45, 2.75) is 180 Å². The number of aliphatic carboxylic acids is 1. The van der Waals surface area contributed by atoms with Crippen LogP contribution in [0.4, 0.5) is 0 Å². The molecular formula is C45H79N11O15. The summed E-state index contributed by atoms with van der Waals surface area (Å²) >= 11 is 0. The molecule has 71 heavy (non-hydrogen) atoms. The van der Waals surface area contributed by atoms with Gasteiger partial charge in [-0.15, -0.1) is 0 Å². The lowest BCUT2D eigenvalue weighted by Crippen LogP contribution is -2.63. The summed E-state index contributed by atoms with van der Waals surface area (Å²) in [5.41, 5.74) is 5.31. The Labute approximate surface area is 414 Å². The maximum absolute atomic E-state index is 13.7. The van der Waals surface area contributed by atoms with E-state index in [2.05, 4.69) is 47.9 Å². The zero-order chi connectivity index (χ0) is 54.6. The van der Waals surface area contributed by atoms with Gasteiger partial charge in [-0.2, -0.15) is 0 Å². The molecule has 10 amide bonds. The summed E-state index contributed by atoms with van der Waals surface area (Å²) in [5, 5.41) is 62.1. The van der Waals surface area contributed by atoms with Gasteiger partial charge in [0.1, 0.15) is 54.4 Å². The highest BCUT2D eigenvalue weighted by Gasteiger charge is 2.38. The van der Waals surface area contributed by atoms with Gasteiger partial charge in [0, 0.05) is 6.42 Å². The molecule has 0 bridgehead atoms. The molecule has 15 N–H and O–H groups in total. The van der Waals surface area contributed by atoms with Crippen molar-refractivity contribution in [1.82, 2.24) is 52.8 Å². The monoisotopic (exact) mass is 1010 g/mol. The van der Waals surface area contributed by atoms with Crippen molar-refractivity contribution in [3.05, 3.63) is 0 Å². The van der Waals surface area contributed by atoms with E-state index in [1.165, 1.54) is 13.8 Å². The standard InChI is InChI=1S/C45H79N11O15/c1-12-22(6)33(42(67)48-24(8)45(70)71)53-36(61)23(7)47-43(68)34(25(9)58)55-44(69)35(26(10)59)54-37(62)27(15-16-31(46)60)49-39(64)29(19-57)51-41(66)32(21(4)5)52-38(63)28(18-20(2)3)50-40(65)30-14-13-17-56(30)11/h20-30,32-35,57-59H,12-19H2,1-11H3,(H2,46,60)(H,47,68)(H,48,67)(H,49,64)(H,50,65)(H,51,66)(H,52,63)(H,53,61)(H,54,62)(H,55,69)(H,70,71)/t22-,23-,24-,25+,26+,27-,28-,29-,30-,32-,33-,34-,35-/m0/s1. The second-order valence-electron chi connectivity index (χ2n) is 19.0. The minimum atomic E-state index is -1.90. The largest absolute Gasteiger partial charge is 0.480 e. The lowest BCUT2D eigenvalue weighted by atomic mass is 9.97. The summed E-state index contributed by atoms with van der Waals surface area (Å²) < 4.78 is 0. The molecule has 1 aliphatic heterocycles. The topological polar surface area (TPSA) is 406 Å². The number of nitrogens with one attached hydrogen (secondary N) is 9. The highest BCUT2D eigenvalue weighted by Crippen LogP contribution is 2.16. The Hall–Kier alpha value is -5.99. The minimum Gasteiger partial charge on any atom is -0.480 e. The molecule has 26 heteroatoms. The van der Waals surface area contributed by atoms with E-state index < -0.39 is 163 Å². The van der Waals surface area contributed by atoms with Crippen molar-refractivity contribution in [3.8, 4) is 0 Å². The summed E-state index contributed by atoms with van der Waals surface area (Å²) in [7, 11) is 1.81. The predicted molar refractivity (Wildman–Crippen MR) is 255 cm³/mol. The van der Waals surface area contributed by atoms with Crippen LogP contribution in [-0.4, -0.2) is 183 Å². The van der Waals surface area contributed by atoms with Crippen molar-refractivity contribution >= 4 is 65.0 Å². The number of carboxylic acid groups (broad SMARTS) is 1. The molecule has 1 aliphatic rings. The van der Waals surface area contributed by atoms with E-state index in [0.29, 0.717) is 12.8 Å². The lowest BCUT2D eigenvalue weighted by molar-refractivity contribution is -0.142. The third-order valence-corrected chi connectivity index (χ3v) is 11.9. The maximum atomic E-state index is 13.7. The van der Waals surface area contributed by atoms with E-state index in [1.54, 1.807) is 34.7 Å². The van der Waals surface area contributed by atoms with E-state index in [-0.39, 0.29) is 18.2 Å². The fraction of sp³-hybridized carbons (Fsp3) is 0.756. The van der Waals surface area contributed by atoms with E-state index in [9.17, 15) is 73.2 Å². The zero-order valence-electron chi connectivity index (χ0n) is 42.6. The number of nitrogens with two attached hydrogens (primary N) is 1. The van der Waals surface area contributed by atoms with E-state index in [4.69, 9.17) is 5.73 Å². The van der Waals surface area contributed by atoms with Crippen molar-refractivity contribution in [2.24, 2.45) is 23.5 Å². The van der Waals surface area contributed by atoms with Crippen LogP contribution in [0.15, 0.2) is 0 Å². The number of primary amides is 1. The quantitative estimate of drug-likeness (QED) is 0.0322. The van der Waals surface area contributed by atoms with Gasteiger partial charge in [-0.1, -0.05) is 48.0 Å². The van der Waals surface area contributed by atoms with Crippen LogP contribution >= 0.6 is 0 Å². The van der Waals surface area contributed by atoms with Crippen LogP contribution in [0.1, 0.15) is 108 Å². The minimum absolute atomic E-state index is 0.0354. The first-order chi connectivity index (χ1) is 33.0. The molecule has 13 atom stereocenters. The third kappa shape index (κ3) is 20.7. The number of rotatable bonds is 30. The molecule has 0 aromatic rings. The Kier molecular flexibility index (Phi) is 26.6. The van der Waals surface area contributed by atoms with Gasteiger partial charge < -0.3 is 74.0 Å². The highest BCUT2D eigenvalue weighted by atomic mass is 16.4. The molecule has 0 radical (unpaired) electrons. The number of amides is 10. The number of hydrogen-bond acceptors (Lipinski definition) is 15. The van der Waals surface area contributed by atoms with E-state index in [0.717, 1.165) is 26.8 Å². The number of likely N-dealkylation sites (tertiary alicyclic amines) is 1. The summed E-state index contributed by atoms with van der Waals surface area (Å²) in [6.07, 6.45) is -2.31. The van der Waals surface area contributed by atoms with Crippen molar-refractivity contribution in [3.63, 3.8) is 0 Å². The van der Waals surface area contributed by atoms with Gasteiger partial charge in [0.15, 0.2) is 0 Å². The summed E-state index contributed by atoms with van der Waals surface area (Å²) in [5.74, 6) is -11.6. The van der Waals surface area contributed by atoms with Crippen LogP contribution in [0.5, 0.6) is 0 Å². The average molecular weight is 1010 g/mol. The number of likely N-dealkylation sites (N-methyl/N-ethyl adjacent to an activating group) is 1. The fourth-order valence-electron chi connectivity index (χ4n) is 7.31. The normalized spacial score (nSPS) is 18.8. The van der Waals surface area contributed by atoms with Gasteiger partial charge >= 0.3 is 5.97 Å². The van der Waals surface area contributed by atoms with Gasteiger partial charge in [0.2, 0.25) is 59.1 Å². The van der Waals surface area contributed by atoms with Gasteiger partial charge in [0.25, 0.3) is 0 Å². The number of carbonyl (C=O) groups is 11. The Bertz CT molecular complexity index is 1880. The van der Waals surface area contributed by atoms with Gasteiger partial charge in [-0.25, -0.2) is 0 Å². The Morgan fingerprint density at radius 1 is 0.577 bits per heavy atom. The second-order valence-corrected chi connectivity index (χ2v) is 19.0. The number of nitrogens with zero attached hydrogens (tertiary/aromatic N) is 1. The van der Waals surface area contributed by atoms with Crippen LogP contribution in [-0.2, 0) is 52.7 Å². The number of aliphatic hydroxyl groups excluding tert-OH is 3. The van der Waals surface area contributed by atoms with Gasteiger partial charge in [-0.05, 0) is 84.7 Å². The number of hydrogen-bond donors (Lipinski definition) is 14. The number of aliphatic hydroxyl groups is 3. The van der Waals surface area contributed by atoms with E-state index in [1.807, 2.05) is 18.7 Å².